The van der Waals surface area contributed by atoms with Crippen molar-refractivity contribution < 1.29 is 14.6 Å². The summed E-state index contributed by atoms with van der Waals surface area (Å²) in [6, 6.07) is 9.63. The average molecular weight is 289 g/mol. The normalized spacial score (nSPS) is 32.1. The zero-order chi connectivity index (χ0) is 14.8. The Morgan fingerprint density at radius 3 is 2.71 bits per heavy atom. The van der Waals surface area contributed by atoms with E-state index in [4.69, 9.17) is 4.74 Å². The number of hydrogen-bond donors (Lipinski definition) is 2. The molecule has 2 saturated carbocycles. The fourth-order valence-corrected chi connectivity index (χ4v) is 4.16. The van der Waals surface area contributed by atoms with Crippen molar-refractivity contribution in [3.8, 4) is 0 Å². The molecule has 1 aromatic rings. The maximum atomic E-state index is 12.6. The van der Waals surface area contributed by atoms with Crippen molar-refractivity contribution in [2.75, 3.05) is 13.7 Å². The van der Waals surface area contributed by atoms with Gasteiger partial charge in [-0.15, -0.1) is 0 Å². The number of benzene rings is 1. The molecular formula is C17H23NO3. The molecule has 114 valence electrons. The molecule has 5 unspecified atom stereocenters. The van der Waals surface area contributed by atoms with Crippen molar-refractivity contribution in [1.82, 2.24) is 5.32 Å². The number of aliphatic hydroxyl groups excluding tert-OH is 1. The molecule has 0 aliphatic heterocycles. The number of nitrogens with one attached hydrogen (secondary N) is 1. The summed E-state index contributed by atoms with van der Waals surface area (Å²) in [5.74, 6) is 1.20. The van der Waals surface area contributed by atoms with Crippen LogP contribution in [0, 0.1) is 17.8 Å². The van der Waals surface area contributed by atoms with Crippen LogP contribution < -0.4 is 5.32 Å². The molecule has 4 heteroatoms. The molecule has 0 radical (unpaired) electrons. The summed E-state index contributed by atoms with van der Waals surface area (Å²) in [5, 5.41) is 12.7. The second-order valence-electron chi connectivity index (χ2n) is 6.24. The average Bonchev–Trinajstić information content (AvgIpc) is 3.10. The monoisotopic (exact) mass is 289 g/mol. The molecule has 0 heterocycles. The molecular weight excluding hydrogens is 266 g/mol. The lowest BCUT2D eigenvalue weighted by Gasteiger charge is -2.31. The predicted molar refractivity (Wildman–Crippen MR) is 79.5 cm³/mol. The summed E-state index contributed by atoms with van der Waals surface area (Å²) >= 11 is 0. The fourth-order valence-electron chi connectivity index (χ4n) is 4.16. The SMILES string of the molecule is COC(C(=O)NC1C2CCC(C2)C1CO)c1ccccc1. The molecule has 0 aromatic heterocycles. The lowest BCUT2D eigenvalue weighted by Crippen LogP contribution is -2.47. The van der Waals surface area contributed by atoms with E-state index in [1.807, 2.05) is 30.3 Å². The van der Waals surface area contributed by atoms with Crippen LogP contribution in [0.1, 0.15) is 30.9 Å². The number of carbonyl (C=O) groups is 1. The smallest absolute Gasteiger partial charge is 0.253 e. The molecule has 1 aromatic carbocycles. The van der Waals surface area contributed by atoms with Crippen molar-refractivity contribution in [1.29, 1.82) is 0 Å². The van der Waals surface area contributed by atoms with Crippen molar-refractivity contribution in [3.63, 3.8) is 0 Å². The van der Waals surface area contributed by atoms with Gasteiger partial charge >= 0.3 is 0 Å². The van der Waals surface area contributed by atoms with Crippen LogP contribution in [-0.2, 0) is 9.53 Å². The van der Waals surface area contributed by atoms with Crippen molar-refractivity contribution in [2.24, 2.45) is 17.8 Å². The van der Waals surface area contributed by atoms with E-state index in [0.717, 1.165) is 18.4 Å². The van der Waals surface area contributed by atoms with Crippen LogP contribution in [0.4, 0.5) is 0 Å². The van der Waals surface area contributed by atoms with Gasteiger partial charge in [0.1, 0.15) is 0 Å². The molecule has 4 nitrogen and oxygen atoms in total. The minimum atomic E-state index is -0.579. The maximum Gasteiger partial charge on any atom is 0.253 e. The number of amides is 1. The Bertz CT molecular complexity index is 490. The maximum absolute atomic E-state index is 12.6. The van der Waals surface area contributed by atoms with Gasteiger partial charge in [-0.2, -0.15) is 0 Å². The van der Waals surface area contributed by atoms with E-state index in [9.17, 15) is 9.90 Å². The second-order valence-corrected chi connectivity index (χ2v) is 6.24. The van der Waals surface area contributed by atoms with Crippen molar-refractivity contribution in [2.45, 2.75) is 31.4 Å². The lowest BCUT2D eigenvalue weighted by molar-refractivity contribution is -0.133. The van der Waals surface area contributed by atoms with E-state index >= 15 is 0 Å². The Morgan fingerprint density at radius 1 is 1.33 bits per heavy atom. The number of methoxy groups -OCH3 is 1. The molecule has 0 spiro atoms. The van der Waals surface area contributed by atoms with Crippen LogP contribution in [0.25, 0.3) is 0 Å². The highest BCUT2D eigenvalue weighted by Crippen LogP contribution is 2.48. The van der Waals surface area contributed by atoms with Gasteiger partial charge in [0.25, 0.3) is 5.91 Å². The molecule has 21 heavy (non-hydrogen) atoms. The van der Waals surface area contributed by atoms with Gasteiger partial charge in [-0.3, -0.25) is 4.79 Å². The summed E-state index contributed by atoms with van der Waals surface area (Å²) < 4.78 is 5.38. The number of carbonyl (C=O) groups excluding carboxylic acids is 1. The standard InChI is InChI=1S/C17H23NO3/c1-21-16(11-5-3-2-4-6-11)17(20)18-15-13-8-7-12(9-13)14(15)10-19/h2-6,12-16,19H,7-10H2,1H3,(H,18,20). The minimum Gasteiger partial charge on any atom is -0.396 e. The topological polar surface area (TPSA) is 58.6 Å². The highest BCUT2D eigenvalue weighted by Gasteiger charge is 2.48. The van der Waals surface area contributed by atoms with Gasteiger partial charge in [0.2, 0.25) is 0 Å². The number of ether oxygens (including phenoxy) is 1. The second kappa shape index (κ2) is 6.16. The third-order valence-electron chi connectivity index (χ3n) is 5.18. The molecule has 2 N–H and O–H groups in total. The van der Waals surface area contributed by atoms with Gasteiger partial charge in [0, 0.05) is 25.7 Å². The molecule has 1 amide bonds. The Kier molecular flexibility index (Phi) is 4.27. The molecule has 2 aliphatic rings. The van der Waals surface area contributed by atoms with Crippen LogP contribution in [0.5, 0.6) is 0 Å². The van der Waals surface area contributed by atoms with E-state index in [1.54, 1.807) is 7.11 Å². The number of hydrogen-bond acceptors (Lipinski definition) is 3. The first-order valence-electron chi connectivity index (χ1n) is 7.73. The summed E-state index contributed by atoms with van der Waals surface area (Å²) in [7, 11) is 1.56. The molecule has 3 rings (SSSR count). The minimum absolute atomic E-state index is 0.0975. The molecule has 2 aliphatic carbocycles. The first-order chi connectivity index (χ1) is 10.2. The van der Waals surface area contributed by atoms with Gasteiger partial charge < -0.3 is 15.2 Å². The van der Waals surface area contributed by atoms with Crippen LogP contribution >= 0.6 is 0 Å². The largest absolute Gasteiger partial charge is 0.396 e. The molecule has 5 atom stereocenters. The summed E-state index contributed by atoms with van der Waals surface area (Å²) in [4.78, 5) is 12.6. The van der Waals surface area contributed by atoms with Gasteiger partial charge in [0.05, 0.1) is 0 Å². The van der Waals surface area contributed by atoms with Crippen LogP contribution in [0.15, 0.2) is 30.3 Å². The number of fused-ring (bicyclic) bond motifs is 2. The molecule has 2 fully saturated rings. The van der Waals surface area contributed by atoms with Gasteiger partial charge in [-0.25, -0.2) is 0 Å². The number of aliphatic hydroxyl groups is 1. The highest BCUT2D eigenvalue weighted by atomic mass is 16.5. The van der Waals surface area contributed by atoms with E-state index in [2.05, 4.69) is 5.32 Å². The first-order valence-corrected chi connectivity index (χ1v) is 7.73. The highest BCUT2D eigenvalue weighted by molar-refractivity contribution is 5.82. The van der Waals surface area contributed by atoms with Gasteiger partial charge in [-0.05, 0) is 36.7 Å². The van der Waals surface area contributed by atoms with Gasteiger partial charge in [0.15, 0.2) is 6.10 Å². The first kappa shape index (κ1) is 14.5. The van der Waals surface area contributed by atoms with Crippen molar-refractivity contribution >= 4 is 5.91 Å². The van der Waals surface area contributed by atoms with Crippen LogP contribution in [-0.4, -0.2) is 30.8 Å². The Labute approximate surface area is 125 Å². The molecule has 0 saturated heterocycles. The summed E-state index contributed by atoms with van der Waals surface area (Å²) in [6.45, 7) is 0.162. The number of rotatable bonds is 5. The quantitative estimate of drug-likeness (QED) is 0.870. The summed E-state index contributed by atoms with van der Waals surface area (Å²) in [5.41, 5.74) is 0.862. The van der Waals surface area contributed by atoms with Crippen LogP contribution in [0.2, 0.25) is 0 Å². The van der Waals surface area contributed by atoms with E-state index < -0.39 is 6.10 Å². The fraction of sp³-hybridized carbons (Fsp3) is 0.588. The Balaban J connectivity index is 1.70. The molecule has 2 bridgehead atoms. The Hall–Kier alpha value is -1.39. The zero-order valence-corrected chi connectivity index (χ0v) is 12.4. The van der Waals surface area contributed by atoms with Crippen LogP contribution in [0.3, 0.4) is 0 Å². The van der Waals surface area contributed by atoms with E-state index in [1.165, 1.54) is 6.42 Å². The lowest BCUT2D eigenvalue weighted by atomic mass is 9.85. The Morgan fingerprint density at radius 2 is 2.05 bits per heavy atom. The van der Waals surface area contributed by atoms with E-state index in [0.29, 0.717) is 11.8 Å². The third kappa shape index (κ3) is 2.70. The zero-order valence-electron chi connectivity index (χ0n) is 12.4. The predicted octanol–water partition coefficient (Wildman–Crippen LogP) is 1.90. The van der Waals surface area contributed by atoms with Gasteiger partial charge in [-0.1, -0.05) is 30.3 Å². The summed E-state index contributed by atoms with van der Waals surface area (Å²) in [6.07, 6.45) is 2.91. The van der Waals surface area contributed by atoms with E-state index in [-0.39, 0.29) is 24.5 Å². The van der Waals surface area contributed by atoms with Crippen molar-refractivity contribution in [3.05, 3.63) is 35.9 Å². The third-order valence-corrected chi connectivity index (χ3v) is 5.18.